The highest BCUT2D eigenvalue weighted by Gasteiger charge is 2.22. The molecule has 1 amide bonds. The van der Waals surface area contributed by atoms with E-state index in [1.165, 1.54) is 6.08 Å². The van der Waals surface area contributed by atoms with Crippen molar-refractivity contribution in [3.8, 4) is 11.1 Å². The highest BCUT2D eigenvalue weighted by atomic mass is 35.5. The minimum Gasteiger partial charge on any atom is -0.367 e. The molecule has 3 aromatic rings. The second kappa shape index (κ2) is 7.82. The Morgan fingerprint density at radius 2 is 1.75 bits per heavy atom. The Morgan fingerprint density at radius 3 is 2.46 bits per heavy atom. The van der Waals surface area contributed by atoms with Gasteiger partial charge in [0.05, 0.1) is 10.5 Å². The van der Waals surface area contributed by atoms with Crippen LogP contribution < -0.4 is 4.90 Å². The van der Waals surface area contributed by atoms with Crippen molar-refractivity contribution in [3.05, 3.63) is 71.4 Å². The van der Waals surface area contributed by atoms with Crippen molar-refractivity contribution < 1.29 is 4.79 Å². The first-order valence-corrected chi connectivity index (χ1v) is 9.84. The third-order valence-electron chi connectivity index (χ3n) is 5.09. The highest BCUT2D eigenvalue weighted by Crippen LogP contribution is 2.40. The van der Waals surface area contributed by atoms with Gasteiger partial charge in [0.15, 0.2) is 0 Å². The molecule has 0 bridgehead atoms. The summed E-state index contributed by atoms with van der Waals surface area (Å²) < 4.78 is 0. The van der Waals surface area contributed by atoms with Crippen LogP contribution in [0.4, 0.5) is 5.69 Å². The largest absolute Gasteiger partial charge is 0.367 e. The standard InChI is InChI=1S/C22H19Cl2N3O/c1-2-20(28)27-13-11-26(12-14-27)19-9-10-25-22-16(19)7-8-18(24)21(22)15-5-3-4-6-17(15)23/h2-10H,1,11-14H2. The van der Waals surface area contributed by atoms with Gasteiger partial charge in [-0.25, -0.2) is 0 Å². The van der Waals surface area contributed by atoms with E-state index >= 15 is 0 Å². The number of amides is 1. The average molecular weight is 412 g/mol. The van der Waals surface area contributed by atoms with Gasteiger partial charge in [-0.05, 0) is 30.3 Å². The van der Waals surface area contributed by atoms with Crippen molar-refractivity contribution in [2.24, 2.45) is 0 Å². The number of piperazine rings is 1. The molecule has 2 heterocycles. The molecule has 6 heteroatoms. The Labute approximate surface area is 174 Å². The lowest BCUT2D eigenvalue weighted by atomic mass is 10.0. The Kier molecular flexibility index (Phi) is 5.25. The SMILES string of the molecule is C=CC(=O)N1CCN(c2ccnc3c(-c4ccccc4Cl)c(Cl)ccc23)CC1. The van der Waals surface area contributed by atoms with E-state index in [2.05, 4.69) is 16.5 Å². The summed E-state index contributed by atoms with van der Waals surface area (Å²) in [5.41, 5.74) is 3.61. The number of hydrogen-bond acceptors (Lipinski definition) is 3. The van der Waals surface area contributed by atoms with Crippen LogP contribution in [0.2, 0.25) is 10.0 Å². The van der Waals surface area contributed by atoms with Gasteiger partial charge in [-0.15, -0.1) is 0 Å². The van der Waals surface area contributed by atoms with E-state index in [0.717, 1.165) is 40.8 Å². The molecule has 28 heavy (non-hydrogen) atoms. The van der Waals surface area contributed by atoms with Gasteiger partial charge in [0.2, 0.25) is 5.91 Å². The van der Waals surface area contributed by atoms with Crippen molar-refractivity contribution in [3.63, 3.8) is 0 Å². The second-order valence-electron chi connectivity index (χ2n) is 6.64. The average Bonchev–Trinajstić information content (AvgIpc) is 2.73. The van der Waals surface area contributed by atoms with Crippen LogP contribution in [0.15, 0.2) is 61.3 Å². The van der Waals surface area contributed by atoms with E-state index in [-0.39, 0.29) is 5.91 Å². The lowest BCUT2D eigenvalue weighted by Crippen LogP contribution is -2.48. The van der Waals surface area contributed by atoms with Crippen LogP contribution >= 0.6 is 23.2 Å². The van der Waals surface area contributed by atoms with E-state index in [9.17, 15) is 4.79 Å². The zero-order valence-corrected chi connectivity index (χ0v) is 16.7. The number of anilines is 1. The molecule has 1 fully saturated rings. The third-order valence-corrected chi connectivity index (χ3v) is 5.73. The molecule has 0 atom stereocenters. The summed E-state index contributed by atoms with van der Waals surface area (Å²) >= 11 is 13.0. The predicted octanol–water partition coefficient (Wildman–Crippen LogP) is 5.04. The molecule has 0 aliphatic carbocycles. The van der Waals surface area contributed by atoms with Crippen LogP contribution in [0.25, 0.3) is 22.0 Å². The van der Waals surface area contributed by atoms with Crippen molar-refractivity contribution in [1.82, 2.24) is 9.88 Å². The molecule has 0 unspecified atom stereocenters. The number of halogens is 2. The summed E-state index contributed by atoms with van der Waals surface area (Å²) in [6.07, 6.45) is 3.17. The van der Waals surface area contributed by atoms with Gasteiger partial charge in [0.25, 0.3) is 0 Å². The summed E-state index contributed by atoms with van der Waals surface area (Å²) in [5.74, 6) is -0.0213. The molecule has 0 N–H and O–H groups in total. The topological polar surface area (TPSA) is 36.4 Å². The minimum absolute atomic E-state index is 0.0213. The van der Waals surface area contributed by atoms with Crippen LogP contribution in [0.1, 0.15) is 0 Å². The molecule has 1 saturated heterocycles. The van der Waals surface area contributed by atoms with Gasteiger partial charge in [-0.2, -0.15) is 0 Å². The van der Waals surface area contributed by atoms with Gasteiger partial charge in [0, 0.05) is 59.6 Å². The minimum atomic E-state index is -0.0213. The fraction of sp³-hybridized carbons (Fsp3) is 0.182. The Bertz CT molecular complexity index is 1060. The molecule has 4 rings (SSSR count). The molecule has 1 aliphatic heterocycles. The van der Waals surface area contributed by atoms with E-state index in [4.69, 9.17) is 23.2 Å². The molecular formula is C22H19Cl2N3O. The molecular weight excluding hydrogens is 393 g/mol. The zero-order chi connectivity index (χ0) is 19.7. The Morgan fingerprint density at radius 1 is 1.00 bits per heavy atom. The van der Waals surface area contributed by atoms with Crippen LogP contribution in [-0.2, 0) is 4.79 Å². The molecule has 142 valence electrons. The van der Waals surface area contributed by atoms with Crippen LogP contribution in [0, 0.1) is 0 Å². The zero-order valence-electron chi connectivity index (χ0n) is 15.2. The summed E-state index contributed by atoms with van der Waals surface area (Å²) in [6, 6.07) is 13.6. The number of pyridine rings is 1. The Hall–Kier alpha value is -2.56. The lowest BCUT2D eigenvalue weighted by molar-refractivity contribution is -0.126. The van der Waals surface area contributed by atoms with Crippen molar-refractivity contribution in [1.29, 1.82) is 0 Å². The lowest BCUT2D eigenvalue weighted by Gasteiger charge is -2.36. The van der Waals surface area contributed by atoms with Crippen molar-refractivity contribution in [2.45, 2.75) is 0 Å². The van der Waals surface area contributed by atoms with Gasteiger partial charge in [-0.1, -0.05) is 48.0 Å². The molecule has 4 nitrogen and oxygen atoms in total. The van der Waals surface area contributed by atoms with E-state index in [1.807, 2.05) is 47.4 Å². The second-order valence-corrected chi connectivity index (χ2v) is 7.46. The number of benzene rings is 2. The number of fused-ring (bicyclic) bond motifs is 1. The number of rotatable bonds is 3. The number of carbonyl (C=O) groups is 1. The first-order chi connectivity index (χ1) is 13.6. The molecule has 0 saturated carbocycles. The number of carbonyl (C=O) groups excluding carboxylic acids is 1. The molecule has 0 spiro atoms. The van der Waals surface area contributed by atoms with E-state index in [1.54, 1.807) is 6.20 Å². The van der Waals surface area contributed by atoms with Crippen LogP contribution in [-0.4, -0.2) is 42.0 Å². The number of hydrogen-bond donors (Lipinski definition) is 0. The predicted molar refractivity (Wildman–Crippen MR) is 116 cm³/mol. The van der Waals surface area contributed by atoms with Crippen molar-refractivity contribution >= 4 is 45.7 Å². The fourth-order valence-corrected chi connectivity index (χ4v) is 4.16. The highest BCUT2D eigenvalue weighted by molar-refractivity contribution is 6.38. The van der Waals surface area contributed by atoms with Gasteiger partial charge < -0.3 is 9.80 Å². The normalized spacial score (nSPS) is 14.4. The van der Waals surface area contributed by atoms with E-state index < -0.39 is 0 Å². The van der Waals surface area contributed by atoms with Crippen molar-refractivity contribution in [2.75, 3.05) is 31.1 Å². The first kappa shape index (κ1) is 18.8. The Balaban J connectivity index is 1.77. The van der Waals surface area contributed by atoms with Gasteiger partial charge >= 0.3 is 0 Å². The maximum Gasteiger partial charge on any atom is 0.246 e. The smallest absolute Gasteiger partial charge is 0.246 e. The monoisotopic (exact) mass is 411 g/mol. The summed E-state index contributed by atoms with van der Waals surface area (Å²) in [7, 11) is 0. The summed E-state index contributed by atoms with van der Waals surface area (Å²) in [5, 5.41) is 2.28. The van der Waals surface area contributed by atoms with Gasteiger partial charge in [-0.3, -0.25) is 9.78 Å². The maximum absolute atomic E-state index is 11.8. The molecule has 2 aromatic carbocycles. The first-order valence-electron chi connectivity index (χ1n) is 9.08. The number of aromatic nitrogens is 1. The molecule has 0 radical (unpaired) electrons. The van der Waals surface area contributed by atoms with Gasteiger partial charge in [0.1, 0.15) is 0 Å². The quantitative estimate of drug-likeness (QED) is 0.566. The summed E-state index contributed by atoms with van der Waals surface area (Å²) in [4.78, 5) is 20.6. The molecule has 1 aliphatic rings. The van der Waals surface area contributed by atoms with Crippen LogP contribution in [0.3, 0.4) is 0 Å². The fourth-order valence-electron chi connectivity index (χ4n) is 3.67. The van der Waals surface area contributed by atoms with Crippen LogP contribution in [0.5, 0.6) is 0 Å². The van der Waals surface area contributed by atoms with E-state index in [0.29, 0.717) is 23.1 Å². The maximum atomic E-state index is 11.8. The number of nitrogens with zero attached hydrogens (tertiary/aromatic N) is 3. The third kappa shape index (κ3) is 3.34. The summed E-state index contributed by atoms with van der Waals surface area (Å²) in [6.45, 7) is 6.41. The molecule has 1 aromatic heterocycles.